The van der Waals surface area contributed by atoms with Gasteiger partial charge in [-0.1, -0.05) is 30.3 Å². The molecule has 1 atom stereocenters. The number of rotatable bonds is 5. The number of hydrogen-bond acceptors (Lipinski definition) is 5. The van der Waals surface area contributed by atoms with Crippen LogP contribution in [-0.2, 0) is 29.2 Å². The lowest BCUT2D eigenvalue weighted by Crippen LogP contribution is -2.52. The van der Waals surface area contributed by atoms with Crippen molar-refractivity contribution < 1.29 is 14.4 Å². The number of nitrogens with two attached hydrogens (primary N) is 1. The fourth-order valence-corrected chi connectivity index (χ4v) is 4.06. The molecule has 2 aromatic carbocycles. The molecule has 0 aromatic heterocycles. The summed E-state index contributed by atoms with van der Waals surface area (Å²) in [6, 6.07) is 13.3. The maximum absolute atomic E-state index is 13.2. The molecular weight excluding hydrogens is 368 g/mol. The topological polar surface area (TPSA) is 95.7 Å². The van der Waals surface area contributed by atoms with Crippen LogP contribution in [0.1, 0.15) is 39.9 Å². The van der Waals surface area contributed by atoms with E-state index in [0.29, 0.717) is 31.6 Å². The van der Waals surface area contributed by atoms with E-state index >= 15 is 0 Å². The minimum atomic E-state index is -0.595. The van der Waals surface area contributed by atoms with Crippen molar-refractivity contribution in [3.63, 3.8) is 0 Å². The number of hydrogen-bond donors (Lipinski definition) is 2. The molecule has 7 heteroatoms. The molecule has 0 aliphatic carbocycles. The van der Waals surface area contributed by atoms with Crippen LogP contribution in [0.5, 0.6) is 0 Å². The number of imide groups is 1. The number of anilines is 1. The van der Waals surface area contributed by atoms with Crippen LogP contribution in [-0.4, -0.2) is 35.7 Å². The van der Waals surface area contributed by atoms with E-state index in [4.69, 9.17) is 5.73 Å². The Kier molecular flexibility index (Phi) is 5.07. The Balaban J connectivity index is 1.55. The van der Waals surface area contributed by atoms with E-state index in [9.17, 15) is 14.4 Å². The summed E-state index contributed by atoms with van der Waals surface area (Å²) < 4.78 is 0. The lowest BCUT2D eigenvalue weighted by atomic mass is 10.0. The highest BCUT2D eigenvalue weighted by Gasteiger charge is 2.39. The van der Waals surface area contributed by atoms with Crippen molar-refractivity contribution in [1.82, 2.24) is 10.2 Å². The minimum absolute atomic E-state index is 0.142. The molecule has 2 aromatic rings. The first kappa shape index (κ1) is 19.1. The summed E-state index contributed by atoms with van der Waals surface area (Å²) in [5.41, 5.74) is 10.3. The zero-order valence-corrected chi connectivity index (χ0v) is 16.4. The van der Waals surface area contributed by atoms with Gasteiger partial charge in [0, 0.05) is 44.4 Å². The molecule has 3 amide bonds. The van der Waals surface area contributed by atoms with Gasteiger partial charge in [-0.15, -0.1) is 0 Å². The van der Waals surface area contributed by atoms with Crippen LogP contribution in [0.4, 0.5) is 5.69 Å². The molecule has 7 nitrogen and oxygen atoms in total. The highest BCUT2D eigenvalue weighted by atomic mass is 16.2. The number of benzene rings is 2. The second kappa shape index (κ2) is 7.67. The zero-order chi connectivity index (χ0) is 20.5. The van der Waals surface area contributed by atoms with Gasteiger partial charge in [-0.25, -0.2) is 0 Å². The van der Waals surface area contributed by atoms with Crippen LogP contribution in [0.15, 0.2) is 42.5 Å². The SMILES string of the molecule is CN(Cc1cccc2c1C(=O)N(C1CCC(=O)NC1=O)C2)c1ccc(CN)cc1. The summed E-state index contributed by atoms with van der Waals surface area (Å²) >= 11 is 0. The van der Waals surface area contributed by atoms with Gasteiger partial charge in [-0.05, 0) is 35.2 Å². The molecule has 0 bridgehead atoms. The Morgan fingerprint density at radius 3 is 2.59 bits per heavy atom. The molecular formula is C22H24N4O3. The summed E-state index contributed by atoms with van der Waals surface area (Å²) in [5, 5.41) is 2.34. The monoisotopic (exact) mass is 392 g/mol. The third kappa shape index (κ3) is 3.61. The molecule has 0 radical (unpaired) electrons. The summed E-state index contributed by atoms with van der Waals surface area (Å²) in [4.78, 5) is 40.5. The van der Waals surface area contributed by atoms with E-state index in [0.717, 1.165) is 22.4 Å². The molecule has 2 aliphatic rings. The lowest BCUT2D eigenvalue weighted by molar-refractivity contribution is -0.136. The fourth-order valence-electron chi connectivity index (χ4n) is 4.06. The predicted octanol–water partition coefficient (Wildman–Crippen LogP) is 1.54. The molecule has 29 heavy (non-hydrogen) atoms. The van der Waals surface area contributed by atoms with Crippen molar-refractivity contribution in [2.75, 3.05) is 11.9 Å². The van der Waals surface area contributed by atoms with Gasteiger partial charge >= 0.3 is 0 Å². The first-order valence-corrected chi connectivity index (χ1v) is 9.73. The van der Waals surface area contributed by atoms with E-state index < -0.39 is 6.04 Å². The van der Waals surface area contributed by atoms with Gasteiger partial charge in [0.25, 0.3) is 5.91 Å². The van der Waals surface area contributed by atoms with Crippen molar-refractivity contribution in [3.05, 3.63) is 64.7 Å². The molecule has 2 heterocycles. The third-order valence-electron chi connectivity index (χ3n) is 5.66. The van der Waals surface area contributed by atoms with E-state index in [1.165, 1.54) is 0 Å². The van der Waals surface area contributed by atoms with Gasteiger partial charge < -0.3 is 15.5 Å². The van der Waals surface area contributed by atoms with E-state index in [1.807, 2.05) is 49.5 Å². The largest absolute Gasteiger partial charge is 0.370 e. The van der Waals surface area contributed by atoms with Crippen molar-refractivity contribution in [2.24, 2.45) is 5.73 Å². The summed E-state index contributed by atoms with van der Waals surface area (Å²) in [5.74, 6) is -0.809. The normalized spacial score (nSPS) is 18.6. The van der Waals surface area contributed by atoms with Crippen molar-refractivity contribution >= 4 is 23.4 Å². The Morgan fingerprint density at radius 1 is 1.14 bits per heavy atom. The molecule has 0 spiro atoms. The van der Waals surface area contributed by atoms with Crippen molar-refractivity contribution in [1.29, 1.82) is 0 Å². The van der Waals surface area contributed by atoms with Gasteiger partial charge in [0.2, 0.25) is 11.8 Å². The molecule has 1 unspecified atom stereocenters. The Morgan fingerprint density at radius 2 is 1.90 bits per heavy atom. The van der Waals surface area contributed by atoms with Crippen LogP contribution in [0.3, 0.4) is 0 Å². The number of carbonyl (C=O) groups is 3. The van der Waals surface area contributed by atoms with Crippen LogP contribution in [0, 0.1) is 0 Å². The molecule has 2 aliphatic heterocycles. The van der Waals surface area contributed by atoms with Crippen LogP contribution < -0.4 is 16.0 Å². The predicted molar refractivity (Wildman–Crippen MR) is 109 cm³/mol. The third-order valence-corrected chi connectivity index (χ3v) is 5.66. The standard InChI is InChI=1S/C22H24N4O3/c1-25(17-7-5-14(11-23)6-8-17)12-15-3-2-4-16-13-26(22(29)20(15)16)18-9-10-19(27)24-21(18)28/h2-8,18H,9-13,23H2,1H3,(H,24,27,28). The quantitative estimate of drug-likeness (QED) is 0.753. The average Bonchev–Trinajstić information content (AvgIpc) is 3.05. The first-order chi connectivity index (χ1) is 14.0. The van der Waals surface area contributed by atoms with E-state index in [1.54, 1.807) is 4.90 Å². The number of piperidine rings is 1. The Labute approximate surface area is 169 Å². The number of nitrogens with one attached hydrogen (secondary N) is 1. The lowest BCUT2D eigenvalue weighted by Gasteiger charge is -2.29. The van der Waals surface area contributed by atoms with Gasteiger partial charge in [0.1, 0.15) is 6.04 Å². The maximum Gasteiger partial charge on any atom is 0.255 e. The highest BCUT2D eigenvalue weighted by Crippen LogP contribution is 2.31. The molecule has 4 rings (SSSR count). The fraction of sp³-hybridized carbons (Fsp3) is 0.318. The average molecular weight is 392 g/mol. The van der Waals surface area contributed by atoms with Crippen LogP contribution in [0.2, 0.25) is 0 Å². The van der Waals surface area contributed by atoms with Crippen molar-refractivity contribution in [3.8, 4) is 0 Å². The second-order valence-corrected chi connectivity index (χ2v) is 7.58. The van der Waals surface area contributed by atoms with Crippen LogP contribution in [0.25, 0.3) is 0 Å². The van der Waals surface area contributed by atoms with E-state index in [-0.39, 0.29) is 24.1 Å². The molecule has 1 fully saturated rings. The summed E-state index contributed by atoms with van der Waals surface area (Å²) in [7, 11) is 1.98. The maximum atomic E-state index is 13.2. The first-order valence-electron chi connectivity index (χ1n) is 9.73. The molecule has 150 valence electrons. The number of amides is 3. The number of fused-ring (bicyclic) bond motifs is 1. The van der Waals surface area contributed by atoms with Crippen LogP contribution >= 0.6 is 0 Å². The van der Waals surface area contributed by atoms with Gasteiger partial charge in [0.05, 0.1) is 0 Å². The van der Waals surface area contributed by atoms with Gasteiger partial charge in [-0.3, -0.25) is 19.7 Å². The number of carbonyl (C=O) groups excluding carboxylic acids is 3. The van der Waals surface area contributed by atoms with Gasteiger partial charge in [-0.2, -0.15) is 0 Å². The summed E-state index contributed by atoms with van der Waals surface area (Å²) in [6.45, 7) is 1.46. The number of nitrogens with zero attached hydrogens (tertiary/aromatic N) is 2. The van der Waals surface area contributed by atoms with E-state index in [2.05, 4.69) is 10.2 Å². The summed E-state index contributed by atoms with van der Waals surface area (Å²) in [6.07, 6.45) is 0.623. The smallest absolute Gasteiger partial charge is 0.255 e. The second-order valence-electron chi connectivity index (χ2n) is 7.58. The van der Waals surface area contributed by atoms with Gasteiger partial charge in [0.15, 0.2) is 0 Å². The van der Waals surface area contributed by atoms with Crippen molar-refractivity contribution in [2.45, 2.75) is 38.5 Å². The Bertz CT molecular complexity index is 971. The minimum Gasteiger partial charge on any atom is -0.370 e. The molecule has 3 N–H and O–H groups in total. The molecule has 0 saturated carbocycles. The Hall–Kier alpha value is -3.19. The zero-order valence-electron chi connectivity index (χ0n) is 16.4. The molecule has 1 saturated heterocycles. The highest BCUT2D eigenvalue weighted by molar-refractivity contribution is 6.06.